The van der Waals surface area contributed by atoms with Crippen LogP contribution in [-0.4, -0.2) is 283 Å². The number of amides is 11. The Labute approximate surface area is 791 Å². The third kappa shape index (κ3) is 28.7. The smallest absolute Gasteiger partial charge is 0.327 e. The third-order valence-electron chi connectivity index (χ3n) is 21.3. The van der Waals surface area contributed by atoms with Gasteiger partial charge in [-0.3, -0.25) is 43.4 Å². The van der Waals surface area contributed by atoms with Gasteiger partial charge in [-0.1, -0.05) is 24.3 Å². The van der Waals surface area contributed by atoms with E-state index in [0.717, 1.165) is 16.9 Å². The molecule has 732 valence electrons. The number of halogens is 1. The van der Waals surface area contributed by atoms with E-state index in [2.05, 4.69) is 70.3 Å². The van der Waals surface area contributed by atoms with E-state index < -0.39 is 235 Å². The summed E-state index contributed by atoms with van der Waals surface area (Å²) in [6.45, 7) is 8.99. The molecule has 9 atom stereocenters. The number of aromatic nitrogens is 4. The van der Waals surface area contributed by atoms with E-state index in [-0.39, 0.29) is 113 Å². The molecule has 6 heterocycles. The summed E-state index contributed by atoms with van der Waals surface area (Å²) >= 11 is -1.89. The summed E-state index contributed by atoms with van der Waals surface area (Å²) in [7, 11) is 2.86. The van der Waals surface area contributed by atoms with E-state index in [1.807, 2.05) is 10.6 Å². The fourth-order valence-corrected chi connectivity index (χ4v) is 17.0. The molecule has 0 bridgehead atoms. The predicted octanol–water partition coefficient (Wildman–Crippen LogP) is -3.24. The second-order valence-corrected chi connectivity index (χ2v) is 35.3. The van der Waals surface area contributed by atoms with Gasteiger partial charge >= 0.3 is 312 Å². The summed E-state index contributed by atoms with van der Waals surface area (Å²) in [6, 6.07) is 4.54. The topological polar surface area (TPSA) is 764 Å². The van der Waals surface area contributed by atoms with Gasteiger partial charge in [0.25, 0.3) is 23.7 Å². The van der Waals surface area contributed by atoms with Gasteiger partial charge in [0, 0.05) is 74.0 Å². The molecule has 0 saturated carbocycles. The van der Waals surface area contributed by atoms with Crippen molar-refractivity contribution in [1.29, 1.82) is 5.41 Å². The largest absolute Gasteiger partial charge is 0.493 e. The van der Waals surface area contributed by atoms with Gasteiger partial charge in [-0.05, 0) is 62.4 Å². The van der Waals surface area contributed by atoms with E-state index in [1.54, 1.807) is 17.0 Å². The van der Waals surface area contributed by atoms with Gasteiger partial charge in [0.15, 0.2) is 34.2 Å². The number of rotatable bonds is 49. The number of ether oxygens (including phenoxy) is 6. The molecule has 11 amide bonds. The molecule has 52 heteroatoms. The summed E-state index contributed by atoms with van der Waals surface area (Å²) in [5.74, 6) is -19.2. The number of unbranched alkanes of at least 4 members (excludes halogenated alkanes) is 2. The molecule has 24 N–H and O–H groups in total. The van der Waals surface area contributed by atoms with Crippen LogP contribution in [0.3, 0.4) is 0 Å². The molecule has 0 radical (unpaired) electrons. The first-order valence-corrected chi connectivity index (χ1v) is 45.4. The number of carbonyl (C=O) groups is 17. The standard InChI is InChI=1S/C85H99IN21O29S/c1-39-18-21-105(36-39)76(121)45-27-57(131-3)59(29-48(45)87)133-23-6-5-7-24-134-60-30-49(88)46(28-58(60)132-4)77(122)107-37-40(2)25-55(107)82-135-56-16-14-43(26-47(56)81(128)136-82)95-63(109)19-22-106-64(110)33-61(78(106)123)137-38-54(80(126)127)101-73(118)53(32-66(113)114)100-72(117)52(31-65(111)112)99-71(116)50(9-8-20-92-84(89)90)97-75(120)68(86-83(129)130)102-62(108)17-15-51(79(124)125)98-70(115)41-10-12-42(13-11-41)93-34-44-35-94-69-67(96-44)74(119)104-85(91)103-69/h10-14,16,26-30,35,50-55,61,68,82,93H,1-2,5-9,15,17-25,31-34,36-38,87-88H2,3-4H3,(H,95,109)(H,97,120)(H,98,115)(H,99,116)(H,100,117)(H,101,118)(H,102,108)(H,111,112)(H,113,114)(H,124,125)(H,126,127)(H,129,130)(H4,89,90,92)(H3,91,94,103,104,119)/q-1/t50-,51-,52-,53-,54?,55-,61?,68+,82?/m0/s1. The van der Waals surface area contributed by atoms with E-state index in [0.29, 0.717) is 84.7 Å². The molecule has 50 nitrogen and oxygen atoms in total. The maximum absolute atomic E-state index is 14.4. The molecule has 0 aliphatic carbocycles. The number of carbonyl (C=O) groups excluding carboxylic acids is 12. The van der Waals surface area contributed by atoms with E-state index in [9.17, 15) is 112 Å². The number of nitrogens with one attached hydrogen (secondary N) is 11. The van der Waals surface area contributed by atoms with Crippen molar-refractivity contribution in [3.63, 3.8) is 0 Å². The van der Waals surface area contributed by atoms with Crippen molar-refractivity contribution < 1.29 is 157 Å². The fraction of sp³-hybridized carbons (Fsp3) is 0.388. The van der Waals surface area contributed by atoms with Gasteiger partial charge in [0.1, 0.15) is 23.4 Å². The molecular weight excluding hydrogens is 1940 g/mol. The molecule has 0 spiro atoms. The van der Waals surface area contributed by atoms with Crippen molar-refractivity contribution in [2.24, 2.45) is 5.73 Å². The maximum Gasteiger partial charge on any atom is 0.327 e. The number of imide groups is 1. The van der Waals surface area contributed by atoms with Crippen LogP contribution in [-0.2, 0) is 68.8 Å². The molecule has 4 aliphatic heterocycles. The van der Waals surface area contributed by atoms with E-state index in [4.69, 9.17) is 56.8 Å². The number of guanidine groups is 1. The van der Waals surface area contributed by atoms with Gasteiger partial charge < -0.3 is 76.3 Å². The first-order chi connectivity index (χ1) is 65.1. The molecule has 3 unspecified atom stereocenters. The number of methoxy groups -OCH3 is 2. The molecular formula is C85H99IN21O29S-. The Morgan fingerprint density at radius 2 is 1.26 bits per heavy atom. The predicted molar refractivity (Wildman–Crippen MR) is 478 cm³/mol. The number of anilines is 5. The van der Waals surface area contributed by atoms with Gasteiger partial charge in [0.2, 0.25) is 23.7 Å². The Kier molecular flexibility index (Phi) is 36.1. The molecule has 137 heavy (non-hydrogen) atoms. The number of aliphatic carboxylic acids is 4. The number of hydrogen-bond acceptors (Lipinski definition) is 33. The number of carboxylic acid groups (broad SMARTS) is 5. The van der Waals surface area contributed by atoms with Gasteiger partial charge in [-0.2, -0.15) is 4.98 Å². The number of thioether (sulfide) groups is 1. The minimum atomic E-state index is -2.45. The zero-order valence-electron chi connectivity index (χ0n) is 73.4. The average molecular weight is 2040 g/mol. The third-order valence-corrected chi connectivity index (χ3v) is 24.6. The number of H-pyrrole nitrogens is 1. The Morgan fingerprint density at radius 1 is 0.650 bits per heavy atom. The van der Waals surface area contributed by atoms with Gasteiger partial charge in [-0.25, -0.2) is 19.6 Å². The number of benzene rings is 4. The second-order valence-electron chi connectivity index (χ2n) is 31.3. The van der Waals surface area contributed by atoms with Crippen molar-refractivity contribution in [2.75, 3.05) is 93.7 Å². The first-order valence-electron chi connectivity index (χ1n) is 42.1. The van der Waals surface area contributed by atoms with E-state index >= 15 is 0 Å². The van der Waals surface area contributed by atoms with Crippen molar-refractivity contribution in [3.05, 3.63) is 136 Å². The van der Waals surface area contributed by atoms with Crippen molar-refractivity contribution >= 4 is 156 Å². The first kappa shape index (κ1) is 103. The second kappa shape index (κ2) is 47.8. The van der Waals surface area contributed by atoms with Crippen LogP contribution in [0.25, 0.3) is 11.2 Å². The quantitative estimate of drug-likeness (QED) is 0.00153. The monoisotopic (exact) mass is 2040 g/mol. The maximum atomic E-state index is 14.4. The Bertz CT molecular complexity index is 5810. The van der Waals surface area contributed by atoms with Crippen LogP contribution in [0, 0.1) is 5.41 Å². The summed E-state index contributed by atoms with van der Waals surface area (Å²) in [5, 5.41) is 76.8. The number of carboxylic acids is 4. The minimum Gasteiger partial charge on any atom is -0.493 e. The molecule has 3 saturated heterocycles. The van der Waals surface area contributed by atoms with Crippen molar-refractivity contribution in [1.82, 2.24) is 71.9 Å². The number of nitrogen functional groups attached to an aromatic ring is 3. The number of alkyl halides is 1. The molecule has 6 aromatic rings. The van der Waals surface area contributed by atoms with Crippen molar-refractivity contribution in [3.8, 4) is 28.7 Å². The number of nitrogens with two attached hydrogens (primary N) is 4. The number of aromatic amines is 1. The van der Waals surface area contributed by atoms with Gasteiger partial charge in [0.05, 0.1) is 62.2 Å². The van der Waals surface area contributed by atoms with Crippen LogP contribution in [0.15, 0.2) is 102 Å². The van der Waals surface area contributed by atoms with E-state index in [1.165, 1.54) is 79.9 Å². The summed E-state index contributed by atoms with van der Waals surface area (Å²) < 4.78 is 31.6. The number of cyclic esters (lactones) is 1. The Morgan fingerprint density at radius 3 is 1.85 bits per heavy atom. The molecule has 4 aliphatic rings. The van der Waals surface area contributed by atoms with Crippen LogP contribution in [0.4, 0.5) is 33.5 Å². The Hall–Kier alpha value is -15.7. The summed E-state index contributed by atoms with van der Waals surface area (Å²) in [5.41, 5.74) is 25.9. The van der Waals surface area contributed by atoms with Crippen molar-refractivity contribution in [2.45, 2.75) is 142 Å². The number of fused-ring (bicyclic) bond motifs is 2. The summed E-state index contributed by atoms with van der Waals surface area (Å²) in [4.78, 5) is 257. The van der Waals surface area contributed by atoms with Crippen LogP contribution in [0.5, 0.6) is 28.7 Å². The molecule has 2 aromatic heterocycles. The Balaban J connectivity index is 0.673. The van der Waals surface area contributed by atoms with Crippen LogP contribution in [0.1, 0.15) is 131 Å². The zero-order chi connectivity index (χ0) is 99.8. The zero-order valence-corrected chi connectivity index (χ0v) is 76.4. The number of likely N-dealkylation sites (tertiary alicyclic amines) is 3. The van der Waals surface area contributed by atoms with Crippen LogP contribution in [0.2, 0.25) is 0 Å². The van der Waals surface area contributed by atoms with Gasteiger partial charge in [-0.15, -0.1) is 11.8 Å². The normalized spacial score (nSPS) is 16.2. The molecule has 3 fully saturated rings. The fourth-order valence-electron chi connectivity index (χ4n) is 14.4. The molecule has 10 rings (SSSR count). The molecule has 4 aromatic carbocycles. The summed E-state index contributed by atoms with van der Waals surface area (Å²) in [6.07, 6.45) is -2.99. The average Bonchev–Trinajstić information content (AvgIpc) is 1.67. The number of esters is 1. The van der Waals surface area contributed by atoms with Crippen LogP contribution < -0.4 is 121 Å². The van der Waals surface area contributed by atoms with Crippen LogP contribution >= 0.6 is 11.8 Å². The number of hydrogen-bond donors (Lipinski definition) is 20. The minimum absolute atomic E-state index is 0.0168. The SMILES string of the molecule is C=C1CCN(C(=O)c2cc(OC)c(OCCCCCOc3cc(N)c(C(=O)N4CC(=C)C[C@H]4C4OC(=O)c5cc(NC(=O)CCN6C(=O)CC(SCC(NC(=O)[C@H](CC(=O)O)NC(=O)[C@H](CC(=O)O)NC(=O)[C@H](CCCNC(=N)N)NC(=O)[C@@H](NC(=O)CC[C@H](NC(=O)c7ccc(NCc8cnc9nc(N)[nH]c(=O)c9n8)cc7)C(=O)O)[I-]C(=O)O)C(=O)O)C6=O)ccc5O4)cc3OC)cc2N)C1. The number of nitrogens with zero attached hydrogens (tertiary/aromatic N) is 6.